The number of nitrogens with zero attached hydrogens (tertiary/aromatic N) is 4. The Morgan fingerprint density at radius 3 is 2.93 bits per heavy atom. The normalized spacial score (nSPS) is 14.8. The van der Waals surface area contributed by atoms with Crippen LogP contribution in [0.2, 0.25) is 5.02 Å². The summed E-state index contributed by atoms with van der Waals surface area (Å²) in [7, 11) is 0. The Bertz CT molecular complexity index is 1050. The predicted octanol–water partition coefficient (Wildman–Crippen LogP) is 1.86. The molecule has 3 aromatic rings. The van der Waals surface area contributed by atoms with Gasteiger partial charge in [0.25, 0.3) is 5.91 Å². The lowest BCUT2D eigenvalue weighted by atomic mass is 10.1. The Kier molecular flexibility index (Phi) is 5.93. The van der Waals surface area contributed by atoms with E-state index in [1.54, 1.807) is 35.4 Å². The van der Waals surface area contributed by atoms with Gasteiger partial charge in [-0.05, 0) is 24.6 Å². The van der Waals surface area contributed by atoms with Crippen LogP contribution in [0.1, 0.15) is 27.7 Å². The van der Waals surface area contributed by atoms with Gasteiger partial charge in [0.05, 0.1) is 25.3 Å². The van der Waals surface area contributed by atoms with Gasteiger partial charge in [-0.2, -0.15) is 4.98 Å². The molecule has 1 fully saturated rings. The van der Waals surface area contributed by atoms with Crippen LogP contribution in [0.4, 0.5) is 5.95 Å². The second-order valence-electron chi connectivity index (χ2n) is 7.06. The Morgan fingerprint density at radius 2 is 2.23 bits per heavy atom. The molecule has 0 spiro atoms. The molecule has 2 aromatic heterocycles. The van der Waals surface area contributed by atoms with Crippen LogP contribution in [0, 0.1) is 6.92 Å². The number of hydrogen-bond acceptors (Lipinski definition) is 7. The summed E-state index contributed by atoms with van der Waals surface area (Å²) in [6.07, 6.45) is 4.91. The van der Waals surface area contributed by atoms with Gasteiger partial charge in [0.1, 0.15) is 17.8 Å². The molecule has 1 amide bonds. The van der Waals surface area contributed by atoms with Crippen LogP contribution in [-0.4, -0.2) is 51.2 Å². The van der Waals surface area contributed by atoms with E-state index in [4.69, 9.17) is 22.1 Å². The van der Waals surface area contributed by atoms with Crippen molar-refractivity contribution in [2.45, 2.75) is 19.0 Å². The van der Waals surface area contributed by atoms with Gasteiger partial charge in [0.15, 0.2) is 0 Å². The molecule has 1 aromatic carbocycles. The van der Waals surface area contributed by atoms with Crippen LogP contribution in [0.3, 0.4) is 0 Å². The van der Waals surface area contributed by atoms with E-state index in [0.29, 0.717) is 30.0 Å². The third-order valence-corrected chi connectivity index (χ3v) is 5.00. The highest BCUT2D eigenvalue weighted by Crippen LogP contribution is 2.18. The number of anilines is 1. The second kappa shape index (κ2) is 8.78. The van der Waals surface area contributed by atoms with Crippen LogP contribution in [-0.2, 0) is 4.74 Å². The topological polar surface area (TPSA) is 120 Å². The van der Waals surface area contributed by atoms with Crippen LogP contribution >= 0.6 is 11.6 Å². The minimum absolute atomic E-state index is 0.212. The van der Waals surface area contributed by atoms with E-state index in [1.807, 2.05) is 19.1 Å². The molecule has 10 heteroatoms. The minimum Gasteiger partial charge on any atom is -0.377 e. The molecule has 9 nitrogen and oxygen atoms in total. The average molecular weight is 428 g/mol. The van der Waals surface area contributed by atoms with Crippen molar-refractivity contribution in [2.24, 2.45) is 5.73 Å². The van der Waals surface area contributed by atoms with Gasteiger partial charge in [-0.1, -0.05) is 23.7 Å². The number of nitrogens with two attached hydrogens (primary N) is 1. The lowest BCUT2D eigenvalue weighted by Crippen LogP contribution is -2.40. The number of carbonyl (C=O) groups is 1. The molecule has 0 radical (unpaired) electrons. The molecule has 3 heterocycles. The molecule has 0 unspecified atom stereocenters. The third-order valence-electron chi connectivity index (χ3n) is 4.77. The van der Waals surface area contributed by atoms with Crippen LogP contribution in [0.5, 0.6) is 0 Å². The molecule has 156 valence electrons. The van der Waals surface area contributed by atoms with Gasteiger partial charge in [-0.25, -0.2) is 9.97 Å². The molecule has 30 heavy (non-hydrogen) atoms. The monoisotopic (exact) mass is 427 g/mol. The van der Waals surface area contributed by atoms with Crippen LogP contribution < -0.4 is 16.4 Å². The van der Waals surface area contributed by atoms with Gasteiger partial charge >= 0.3 is 0 Å². The summed E-state index contributed by atoms with van der Waals surface area (Å²) in [5.41, 5.74) is 7.80. The van der Waals surface area contributed by atoms with Crippen molar-refractivity contribution in [3.63, 3.8) is 0 Å². The second-order valence-corrected chi connectivity index (χ2v) is 7.50. The van der Waals surface area contributed by atoms with Crippen LogP contribution in [0.15, 0.2) is 43.0 Å². The highest BCUT2D eigenvalue weighted by Gasteiger charge is 2.20. The minimum atomic E-state index is -0.373. The first-order valence-electron chi connectivity index (χ1n) is 9.52. The maximum atomic E-state index is 12.7. The van der Waals surface area contributed by atoms with E-state index in [0.717, 1.165) is 11.1 Å². The maximum Gasteiger partial charge on any atom is 0.272 e. The number of halogens is 1. The first-order chi connectivity index (χ1) is 14.5. The number of ether oxygens (including phenoxy) is 1. The van der Waals surface area contributed by atoms with Crippen molar-refractivity contribution < 1.29 is 9.53 Å². The lowest BCUT2D eigenvalue weighted by Gasteiger charge is -2.26. The number of rotatable bonds is 7. The Labute approximate surface area is 178 Å². The number of hydrogen-bond donors (Lipinski definition) is 3. The van der Waals surface area contributed by atoms with E-state index in [1.165, 1.54) is 0 Å². The average Bonchev–Trinajstić information content (AvgIpc) is 3.20. The summed E-state index contributed by atoms with van der Waals surface area (Å²) in [6.45, 7) is 3.40. The molecule has 0 saturated carbocycles. The van der Waals surface area contributed by atoms with Gasteiger partial charge in [0, 0.05) is 29.5 Å². The predicted molar refractivity (Wildman–Crippen MR) is 113 cm³/mol. The molecular formula is C20H22ClN7O2. The van der Waals surface area contributed by atoms with E-state index >= 15 is 0 Å². The lowest BCUT2D eigenvalue weighted by molar-refractivity contribution is 0.0208. The van der Waals surface area contributed by atoms with Gasteiger partial charge in [-0.3, -0.25) is 9.36 Å². The van der Waals surface area contributed by atoms with Gasteiger partial charge in [-0.15, -0.1) is 0 Å². The Hall–Kier alpha value is -3.01. The highest BCUT2D eigenvalue weighted by atomic mass is 35.5. The molecular weight excluding hydrogens is 406 g/mol. The molecule has 0 aliphatic carbocycles. The maximum absolute atomic E-state index is 12.7. The number of carbonyl (C=O) groups excluding carboxylic acids is 1. The van der Waals surface area contributed by atoms with Crippen molar-refractivity contribution in [3.05, 3.63) is 64.8 Å². The zero-order valence-electron chi connectivity index (χ0n) is 16.4. The number of aryl methyl sites for hydroxylation is 1. The number of aromatic nitrogens is 4. The van der Waals surface area contributed by atoms with Crippen molar-refractivity contribution in [3.8, 4) is 5.82 Å². The fourth-order valence-corrected chi connectivity index (χ4v) is 3.25. The molecule has 1 atom stereocenters. The standard InChI is InChI=1S/C20H22ClN7O2/c1-12-7-23-20(25-15-9-30-10-15)27-18(12)28-8-17(24-11-28)19(29)26-16(6-22)13-3-2-4-14(21)5-13/h2-5,7-8,11,15-16H,6,9-10,22H2,1H3,(H,26,29)(H,23,25,27)/t16-/m1/s1. The third kappa shape index (κ3) is 4.43. The molecule has 1 aliphatic heterocycles. The van der Waals surface area contributed by atoms with E-state index in [2.05, 4.69) is 25.6 Å². The molecule has 4 rings (SSSR count). The van der Waals surface area contributed by atoms with Crippen LogP contribution in [0.25, 0.3) is 5.82 Å². The van der Waals surface area contributed by atoms with Crippen molar-refractivity contribution in [1.82, 2.24) is 24.8 Å². The summed E-state index contributed by atoms with van der Waals surface area (Å²) < 4.78 is 6.86. The number of amides is 1. The van der Waals surface area contributed by atoms with Crippen molar-refractivity contribution >= 4 is 23.5 Å². The molecule has 4 N–H and O–H groups in total. The largest absolute Gasteiger partial charge is 0.377 e. The molecule has 1 saturated heterocycles. The summed E-state index contributed by atoms with van der Waals surface area (Å²) in [5, 5.41) is 6.70. The number of nitrogens with one attached hydrogen (secondary N) is 2. The first-order valence-corrected chi connectivity index (χ1v) is 9.90. The SMILES string of the molecule is Cc1cnc(NC2COC2)nc1-n1cnc(C(=O)N[C@H](CN)c2cccc(Cl)c2)c1. The molecule has 0 bridgehead atoms. The van der Waals surface area contributed by atoms with E-state index < -0.39 is 0 Å². The van der Waals surface area contributed by atoms with E-state index in [-0.39, 0.29) is 30.2 Å². The zero-order chi connectivity index (χ0) is 21.1. The fourth-order valence-electron chi connectivity index (χ4n) is 3.06. The zero-order valence-corrected chi connectivity index (χ0v) is 17.1. The summed E-state index contributed by atoms with van der Waals surface area (Å²) >= 11 is 6.05. The molecule has 1 aliphatic rings. The fraction of sp³-hybridized carbons (Fsp3) is 0.300. The Balaban J connectivity index is 1.50. The van der Waals surface area contributed by atoms with Crippen molar-refractivity contribution in [2.75, 3.05) is 25.1 Å². The van der Waals surface area contributed by atoms with Gasteiger partial charge < -0.3 is 21.1 Å². The number of imidazole rings is 1. The quantitative estimate of drug-likeness (QED) is 0.526. The van der Waals surface area contributed by atoms with Crippen molar-refractivity contribution in [1.29, 1.82) is 0 Å². The highest BCUT2D eigenvalue weighted by molar-refractivity contribution is 6.30. The summed E-state index contributed by atoms with van der Waals surface area (Å²) in [4.78, 5) is 25.8. The smallest absolute Gasteiger partial charge is 0.272 e. The first kappa shape index (κ1) is 20.3. The summed E-state index contributed by atoms with van der Waals surface area (Å²) in [5.74, 6) is 0.818. The van der Waals surface area contributed by atoms with E-state index in [9.17, 15) is 4.79 Å². The number of benzene rings is 1. The Morgan fingerprint density at radius 1 is 1.40 bits per heavy atom. The summed E-state index contributed by atoms with van der Waals surface area (Å²) in [6, 6.07) is 7.08. The van der Waals surface area contributed by atoms with Gasteiger partial charge in [0.2, 0.25) is 5.95 Å².